The SMILES string of the molecule is O=C1CC(c2ccccc2)Cc2nc(Nc3ccccc3)ncc21. The molecule has 0 saturated carbocycles. The molecule has 1 aliphatic carbocycles. The standard InChI is InChI=1S/C20H17N3O/c24-19-12-15(14-7-3-1-4-8-14)11-18-17(19)13-21-20(23-18)22-16-9-5-2-6-10-16/h1-10,13,15H,11-12H2,(H,21,22,23). The molecule has 0 spiro atoms. The van der Waals surface area contributed by atoms with Crippen LogP contribution in [0.2, 0.25) is 0 Å². The zero-order chi connectivity index (χ0) is 16.4. The van der Waals surface area contributed by atoms with E-state index in [2.05, 4.69) is 27.4 Å². The third-order valence-corrected chi connectivity index (χ3v) is 4.34. The van der Waals surface area contributed by atoms with Gasteiger partial charge >= 0.3 is 0 Å². The first-order chi connectivity index (χ1) is 11.8. The average molecular weight is 315 g/mol. The molecule has 2 aromatic carbocycles. The molecule has 1 heterocycles. The number of Topliss-reactive ketones (excluding diaryl/α,β-unsaturated/α-hetero) is 1. The molecule has 0 radical (unpaired) electrons. The topological polar surface area (TPSA) is 54.9 Å². The summed E-state index contributed by atoms with van der Waals surface area (Å²) < 4.78 is 0. The maximum Gasteiger partial charge on any atom is 0.227 e. The molecule has 0 aliphatic heterocycles. The number of carbonyl (C=O) groups is 1. The molecule has 1 N–H and O–H groups in total. The normalized spacial score (nSPS) is 16.5. The van der Waals surface area contributed by atoms with E-state index in [4.69, 9.17) is 0 Å². The van der Waals surface area contributed by atoms with Crippen molar-refractivity contribution in [2.45, 2.75) is 18.8 Å². The summed E-state index contributed by atoms with van der Waals surface area (Å²) in [6.07, 6.45) is 2.93. The molecule has 3 aromatic rings. The first kappa shape index (κ1) is 14.6. The van der Waals surface area contributed by atoms with Crippen LogP contribution in [0.25, 0.3) is 0 Å². The number of benzene rings is 2. The van der Waals surface area contributed by atoms with E-state index in [0.717, 1.165) is 17.8 Å². The lowest BCUT2D eigenvalue weighted by atomic mass is 9.82. The molecule has 1 aliphatic rings. The Morgan fingerprint density at radius 1 is 0.917 bits per heavy atom. The number of ketones is 1. The summed E-state index contributed by atoms with van der Waals surface area (Å²) in [5.41, 5.74) is 3.60. The molecule has 1 atom stereocenters. The number of nitrogens with zero attached hydrogens (tertiary/aromatic N) is 2. The lowest BCUT2D eigenvalue weighted by Crippen LogP contribution is -2.21. The van der Waals surface area contributed by atoms with Gasteiger partial charge in [-0.2, -0.15) is 0 Å². The monoisotopic (exact) mass is 315 g/mol. The quantitative estimate of drug-likeness (QED) is 0.789. The maximum atomic E-state index is 12.4. The van der Waals surface area contributed by atoms with Gasteiger partial charge in [0.2, 0.25) is 5.95 Å². The van der Waals surface area contributed by atoms with Gasteiger partial charge in [0.1, 0.15) is 0 Å². The first-order valence-electron chi connectivity index (χ1n) is 8.06. The fourth-order valence-corrected chi connectivity index (χ4v) is 3.12. The van der Waals surface area contributed by atoms with Gasteiger partial charge in [-0.1, -0.05) is 48.5 Å². The van der Waals surface area contributed by atoms with E-state index in [1.807, 2.05) is 48.5 Å². The van der Waals surface area contributed by atoms with E-state index in [-0.39, 0.29) is 11.7 Å². The fourth-order valence-electron chi connectivity index (χ4n) is 3.12. The van der Waals surface area contributed by atoms with E-state index in [1.165, 1.54) is 5.56 Å². The summed E-state index contributed by atoms with van der Waals surface area (Å²) in [4.78, 5) is 21.3. The van der Waals surface area contributed by atoms with Crippen LogP contribution in [0.5, 0.6) is 0 Å². The lowest BCUT2D eigenvalue weighted by molar-refractivity contribution is 0.0963. The molecular weight excluding hydrogens is 298 g/mol. The zero-order valence-electron chi connectivity index (χ0n) is 13.1. The van der Waals surface area contributed by atoms with E-state index < -0.39 is 0 Å². The molecule has 4 heteroatoms. The molecule has 24 heavy (non-hydrogen) atoms. The largest absolute Gasteiger partial charge is 0.324 e. The van der Waals surface area contributed by atoms with Crippen LogP contribution in [-0.4, -0.2) is 15.8 Å². The second kappa shape index (κ2) is 6.24. The Morgan fingerprint density at radius 2 is 1.62 bits per heavy atom. The Morgan fingerprint density at radius 3 is 2.38 bits per heavy atom. The highest BCUT2D eigenvalue weighted by Gasteiger charge is 2.27. The number of nitrogens with one attached hydrogen (secondary N) is 1. The van der Waals surface area contributed by atoms with Gasteiger partial charge in [0.25, 0.3) is 0 Å². The lowest BCUT2D eigenvalue weighted by Gasteiger charge is -2.23. The van der Waals surface area contributed by atoms with Crippen molar-refractivity contribution < 1.29 is 4.79 Å². The van der Waals surface area contributed by atoms with Crippen LogP contribution in [0.15, 0.2) is 66.9 Å². The Labute approximate surface area is 140 Å². The van der Waals surface area contributed by atoms with E-state index in [9.17, 15) is 4.79 Å². The molecule has 118 valence electrons. The molecule has 4 rings (SSSR count). The van der Waals surface area contributed by atoms with Gasteiger partial charge in [-0.15, -0.1) is 0 Å². The summed E-state index contributed by atoms with van der Waals surface area (Å²) in [5.74, 6) is 0.837. The third-order valence-electron chi connectivity index (χ3n) is 4.34. The summed E-state index contributed by atoms with van der Waals surface area (Å²) in [5, 5.41) is 3.19. The number of aromatic nitrogens is 2. The summed E-state index contributed by atoms with van der Waals surface area (Å²) in [6.45, 7) is 0. The van der Waals surface area contributed by atoms with Crippen molar-refractivity contribution in [3.05, 3.63) is 83.7 Å². The number of para-hydroxylation sites is 1. The molecule has 0 bridgehead atoms. The Hall–Kier alpha value is -3.01. The smallest absolute Gasteiger partial charge is 0.227 e. The molecule has 4 nitrogen and oxygen atoms in total. The van der Waals surface area contributed by atoms with Crippen LogP contribution < -0.4 is 5.32 Å². The molecular formula is C20H17N3O. The highest BCUT2D eigenvalue weighted by Crippen LogP contribution is 2.32. The van der Waals surface area contributed by atoms with Gasteiger partial charge in [0, 0.05) is 18.3 Å². The Kier molecular flexibility index (Phi) is 3.79. The highest BCUT2D eigenvalue weighted by atomic mass is 16.1. The van der Waals surface area contributed by atoms with E-state index >= 15 is 0 Å². The van der Waals surface area contributed by atoms with Crippen LogP contribution in [0.3, 0.4) is 0 Å². The van der Waals surface area contributed by atoms with Gasteiger partial charge < -0.3 is 5.32 Å². The van der Waals surface area contributed by atoms with Gasteiger partial charge in [-0.25, -0.2) is 9.97 Å². The van der Waals surface area contributed by atoms with Crippen molar-refractivity contribution in [3.63, 3.8) is 0 Å². The Bertz CT molecular complexity index is 863. The number of rotatable bonds is 3. The predicted molar refractivity (Wildman–Crippen MR) is 93.6 cm³/mol. The van der Waals surface area contributed by atoms with Crippen LogP contribution in [-0.2, 0) is 6.42 Å². The van der Waals surface area contributed by atoms with Crippen LogP contribution in [0, 0.1) is 0 Å². The number of anilines is 2. The third kappa shape index (κ3) is 2.91. The number of carbonyl (C=O) groups excluding carboxylic acids is 1. The van der Waals surface area contributed by atoms with Gasteiger partial charge in [0.05, 0.1) is 11.3 Å². The average Bonchev–Trinajstić information content (AvgIpc) is 2.63. The minimum atomic E-state index is 0.122. The van der Waals surface area contributed by atoms with E-state index in [1.54, 1.807) is 6.20 Å². The summed E-state index contributed by atoms with van der Waals surface area (Å²) >= 11 is 0. The minimum absolute atomic E-state index is 0.122. The zero-order valence-corrected chi connectivity index (χ0v) is 13.1. The summed E-state index contributed by atoms with van der Waals surface area (Å²) in [7, 11) is 0. The van der Waals surface area contributed by atoms with Gasteiger partial charge in [0.15, 0.2) is 5.78 Å². The van der Waals surface area contributed by atoms with Crippen molar-refractivity contribution in [1.29, 1.82) is 0 Å². The maximum absolute atomic E-state index is 12.4. The van der Waals surface area contributed by atoms with E-state index in [0.29, 0.717) is 17.9 Å². The highest BCUT2D eigenvalue weighted by molar-refractivity contribution is 5.98. The van der Waals surface area contributed by atoms with Crippen LogP contribution >= 0.6 is 0 Å². The first-order valence-corrected chi connectivity index (χ1v) is 8.06. The molecule has 0 fully saturated rings. The predicted octanol–water partition coefficient (Wildman–Crippen LogP) is 4.13. The molecule has 1 aromatic heterocycles. The Balaban J connectivity index is 1.62. The van der Waals surface area contributed by atoms with Crippen molar-refractivity contribution >= 4 is 17.4 Å². The van der Waals surface area contributed by atoms with Crippen molar-refractivity contribution in [1.82, 2.24) is 9.97 Å². The number of hydrogen-bond acceptors (Lipinski definition) is 4. The van der Waals surface area contributed by atoms with Crippen LogP contribution in [0.1, 0.15) is 34.0 Å². The van der Waals surface area contributed by atoms with Crippen molar-refractivity contribution in [3.8, 4) is 0 Å². The summed E-state index contributed by atoms with van der Waals surface area (Å²) in [6, 6.07) is 20.0. The minimum Gasteiger partial charge on any atom is -0.324 e. The number of hydrogen-bond donors (Lipinski definition) is 1. The second-order valence-corrected chi connectivity index (χ2v) is 5.98. The number of fused-ring (bicyclic) bond motifs is 1. The fraction of sp³-hybridized carbons (Fsp3) is 0.150. The second-order valence-electron chi connectivity index (χ2n) is 5.98. The molecule has 0 amide bonds. The molecule has 0 saturated heterocycles. The molecule has 1 unspecified atom stereocenters. The van der Waals surface area contributed by atoms with Crippen molar-refractivity contribution in [2.24, 2.45) is 0 Å². The van der Waals surface area contributed by atoms with Gasteiger partial charge in [-0.3, -0.25) is 4.79 Å². The van der Waals surface area contributed by atoms with Gasteiger partial charge in [-0.05, 0) is 30.0 Å². The van der Waals surface area contributed by atoms with Crippen molar-refractivity contribution in [2.75, 3.05) is 5.32 Å². The van der Waals surface area contributed by atoms with Crippen LogP contribution in [0.4, 0.5) is 11.6 Å².